The number of rotatable bonds is 29. The molecule has 40 heavy (non-hydrogen) atoms. The number of allylic oxidation sites excluding steroid dienone is 7. The van der Waals surface area contributed by atoms with E-state index >= 15 is 0 Å². The molecule has 0 fully saturated rings. The van der Waals surface area contributed by atoms with Crippen molar-refractivity contribution in [2.24, 2.45) is 0 Å². The van der Waals surface area contributed by atoms with Gasteiger partial charge in [0.25, 0.3) is 0 Å². The molecule has 0 rings (SSSR count). The van der Waals surface area contributed by atoms with Gasteiger partial charge in [-0.3, -0.25) is 9.59 Å². The van der Waals surface area contributed by atoms with Crippen molar-refractivity contribution in [3.63, 3.8) is 0 Å². The van der Waals surface area contributed by atoms with Gasteiger partial charge in [-0.05, 0) is 76.7 Å². The van der Waals surface area contributed by atoms with Crippen molar-refractivity contribution in [1.29, 1.82) is 0 Å². The zero-order chi connectivity index (χ0) is 29.4. The molecule has 0 aromatic carbocycles. The number of ether oxygens (including phenoxy) is 1. The summed E-state index contributed by atoms with van der Waals surface area (Å²) in [5, 5.41) is 8.77. The van der Waals surface area contributed by atoms with Crippen LogP contribution in [0, 0.1) is 0 Å². The third-order valence-electron chi connectivity index (χ3n) is 6.99. The summed E-state index contributed by atoms with van der Waals surface area (Å²) in [6, 6.07) is 0. The summed E-state index contributed by atoms with van der Waals surface area (Å²) in [6.07, 6.45) is 41.4. The molecule has 1 atom stereocenters. The van der Waals surface area contributed by atoms with Crippen molar-refractivity contribution in [3.8, 4) is 0 Å². The van der Waals surface area contributed by atoms with E-state index in [1.54, 1.807) is 0 Å². The minimum atomic E-state index is -0.731. The van der Waals surface area contributed by atoms with Gasteiger partial charge in [0.05, 0.1) is 0 Å². The summed E-state index contributed by atoms with van der Waals surface area (Å²) in [5.74, 6) is -0.824. The van der Waals surface area contributed by atoms with Crippen LogP contribution in [0.4, 0.5) is 0 Å². The molecular formula is C36H62O4. The van der Waals surface area contributed by atoms with Gasteiger partial charge in [-0.25, -0.2) is 0 Å². The maximum absolute atomic E-state index is 12.5. The number of aliphatic carboxylic acids is 1. The first-order valence-corrected chi connectivity index (χ1v) is 16.6. The minimum Gasteiger partial charge on any atom is -0.481 e. The molecule has 1 unspecified atom stereocenters. The van der Waals surface area contributed by atoms with Crippen molar-refractivity contribution >= 4 is 11.9 Å². The summed E-state index contributed by atoms with van der Waals surface area (Å²) in [6.45, 7) is 4.42. The first kappa shape index (κ1) is 37.9. The Morgan fingerprint density at radius 3 is 1.73 bits per heavy atom. The summed E-state index contributed by atoms with van der Waals surface area (Å²) >= 11 is 0. The molecule has 0 heterocycles. The van der Waals surface area contributed by atoms with E-state index < -0.39 is 5.97 Å². The number of esters is 1. The van der Waals surface area contributed by atoms with Gasteiger partial charge in [0, 0.05) is 12.8 Å². The van der Waals surface area contributed by atoms with E-state index in [1.807, 2.05) is 6.08 Å². The van der Waals surface area contributed by atoms with Gasteiger partial charge in [0.2, 0.25) is 0 Å². The normalized spacial score (nSPS) is 12.8. The average Bonchev–Trinajstić information content (AvgIpc) is 2.93. The first-order valence-electron chi connectivity index (χ1n) is 16.6. The van der Waals surface area contributed by atoms with Gasteiger partial charge in [0.1, 0.15) is 6.10 Å². The molecule has 0 aromatic heterocycles. The fourth-order valence-electron chi connectivity index (χ4n) is 4.52. The predicted octanol–water partition coefficient (Wildman–Crippen LogP) is 11.2. The molecule has 0 aliphatic heterocycles. The lowest BCUT2D eigenvalue weighted by Gasteiger charge is -2.14. The summed E-state index contributed by atoms with van der Waals surface area (Å²) in [7, 11) is 0. The topological polar surface area (TPSA) is 63.6 Å². The lowest BCUT2D eigenvalue weighted by atomic mass is 10.1. The molecule has 0 spiro atoms. The highest BCUT2D eigenvalue weighted by Gasteiger charge is 2.11. The molecule has 0 amide bonds. The molecular weight excluding hydrogens is 496 g/mol. The fourth-order valence-corrected chi connectivity index (χ4v) is 4.52. The van der Waals surface area contributed by atoms with Gasteiger partial charge >= 0.3 is 11.9 Å². The van der Waals surface area contributed by atoms with E-state index in [4.69, 9.17) is 9.84 Å². The minimum absolute atomic E-state index is 0.0929. The Morgan fingerprint density at radius 2 is 1.10 bits per heavy atom. The largest absolute Gasteiger partial charge is 0.481 e. The van der Waals surface area contributed by atoms with E-state index in [0.717, 1.165) is 64.2 Å². The van der Waals surface area contributed by atoms with Crippen LogP contribution in [-0.4, -0.2) is 23.1 Å². The number of carbonyl (C=O) groups excluding carboxylic acids is 1. The Bertz CT molecular complexity index is 689. The lowest BCUT2D eigenvalue weighted by Crippen LogP contribution is -2.16. The average molecular weight is 559 g/mol. The molecule has 4 heteroatoms. The van der Waals surface area contributed by atoms with Crippen LogP contribution in [0.3, 0.4) is 0 Å². The second kappa shape index (κ2) is 31.4. The maximum Gasteiger partial charge on any atom is 0.306 e. The fraction of sp³-hybridized carbons (Fsp3) is 0.722. The van der Waals surface area contributed by atoms with Crippen LogP contribution >= 0.6 is 0 Å². The highest BCUT2D eigenvalue weighted by atomic mass is 16.5. The molecule has 0 aromatic rings. The lowest BCUT2D eigenvalue weighted by molar-refractivity contribution is -0.147. The van der Waals surface area contributed by atoms with Crippen LogP contribution in [0.2, 0.25) is 0 Å². The SMILES string of the molecule is CCC/C=C\C/C=C\C(CCCCCCC(=O)O)OC(=O)CCCCCCCCC/C=C\C/C=C\CCCCC. The van der Waals surface area contributed by atoms with E-state index in [1.165, 1.54) is 64.2 Å². The third kappa shape index (κ3) is 30.4. The van der Waals surface area contributed by atoms with Crippen LogP contribution in [0.1, 0.15) is 162 Å². The Labute approximate surface area is 247 Å². The molecule has 230 valence electrons. The molecule has 0 saturated carbocycles. The van der Waals surface area contributed by atoms with Crippen molar-refractivity contribution in [2.75, 3.05) is 0 Å². The van der Waals surface area contributed by atoms with E-state index in [0.29, 0.717) is 12.8 Å². The molecule has 1 N–H and O–H groups in total. The van der Waals surface area contributed by atoms with Gasteiger partial charge < -0.3 is 9.84 Å². The number of carbonyl (C=O) groups is 2. The zero-order valence-corrected chi connectivity index (χ0v) is 26.1. The molecule has 0 aliphatic rings. The van der Waals surface area contributed by atoms with Crippen LogP contribution < -0.4 is 0 Å². The van der Waals surface area contributed by atoms with Crippen LogP contribution in [0.25, 0.3) is 0 Å². The predicted molar refractivity (Wildman–Crippen MR) is 172 cm³/mol. The highest BCUT2D eigenvalue weighted by molar-refractivity contribution is 5.69. The van der Waals surface area contributed by atoms with Crippen LogP contribution in [0.15, 0.2) is 48.6 Å². The number of carboxylic acid groups (broad SMARTS) is 1. The number of hydrogen-bond donors (Lipinski definition) is 1. The van der Waals surface area contributed by atoms with E-state index in [2.05, 4.69) is 56.4 Å². The Hall–Kier alpha value is -2.10. The molecule has 4 nitrogen and oxygen atoms in total. The Morgan fingerprint density at radius 1 is 0.575 bits per heavy atom. The summed E-state index contributed by atoms with van der Waals surface area (Å²) in [4.78, 5) is 23.1. The van der Waals surface area contributed by atoms with E-state index in [9.17, 15) is 9.59 Å². The van der Waals surface area contributed by atoms with Crippen LogP contribution in [-0.2, 0) is 14.3 Å². The van der Waals surface area contributed by atoms with Gasteiger partial charge in [0.15, 0.2) is 0 Å². The van der Waals surface area contributed by atoms with E-state index in [-0.39, 0.29) is 18.5 Å². The van der Waals surface area contributed by atoms with Crippen molar-refractivity contribution in [2.45, 2.75) is 168 Å². The molecule has 0 bridgehead atoms. The quantitative estimate of drug-likeness (QED) is 0.0563. The Kier molecular flexibility index (Phi) is 29.8. The monoisotopic (exact) mass is 558 g/mol. The Balaban J connectivity index is 3.96. The number of unbranched alkanes of at least 4 members (excludes halogenated alkanes) is 14. The third-order valence-corrected chi connectivity index (χ3v) is 6.99. The number of hydrogen-bond acceptors (Lipinski definition) is 3. The zero-order valence-electron chi connectivity index (χ0n) is 26.1. The van der Waals surface area contributed by atoms with Crippen molar-refractivity contribution < 1.29 is 19.4 Å². The van der Waals surface area contributed by atoms with Gasteiger partial charge in [-0.1, -0.05) is 121 Å². The second-order valence-corrected chi connectivity index (χ2v) is 11.0. The van der Waals surface area contributed by atoms with Crippen LogP contribution in [0.5, 0.6) is 0 Å². The van der Waals surface area contributed by atoms with Gasteiger partial charge in [-0.2, -0.15) is 0 Å². The molecule has 0 radical (unpaired) electrons. The van der Waals surface area contributed by atoms with Crippen molar-refractivity contribution in [1.82, 2.24) is 0 Å². The number of carboxylic acids is 1. The summed E-state index contributed by atoms with van der Waals surface area (Å²) in [5.41, 5.74) is 0. The first-order chi connectivity index (χ1) is 19.6. The molecule has 0 aliphatic carbocycles. The van der Waals surface area contributed by atoms with Crippen molar-refractivity contribution in [3.05, 3.63) is 48.6 Å². The smallest absolute Gasteiger partial charge is 0.306 e. The maximum atomic E-state index is 12.5. The molecule has 0 saturated heterocycles. The second-order valence-electron chi connectivity index (χ2n) is 11.0. The van der Waals surface area contributed by atoms with Gasteiger partial charge in [-0.15, -0.1) is 0 Å². The summed E-state index contributed by atoms with van der Waals surface area (Å²) < 4.78 is 5.80. The highest BCUT2D eigenvalue weighted by Crippen LogP contribution is 2.14. The standard InChI is InChI=1S/C36H62O4/c1-3-5-7-9-11-12-13-14-15-16-17-18-19-20-21-23-29-33-36(39)40-34(30-26-22-10-8-6-4-2)31-27-24-25-28-32-35(37)38/h8,10-12,14-15,26,30,34H,3-7,9,13,16-25,27-29,31-33H2,1-2H3,(H,37,38)/b10-8-,12-11-,15-14-,30-26-.